The summed E-state index contributed by atoms with van der Waals surface area (Å²) < 4.78 is 5.51. The molecule has 2 fully saturated rings. The van der Waals surface area contributed by atoms with Crippen LogP contribution in [0.25, 0.3) is 0 Å². The van der Waals surface area contributed by atoms with Crippen molar-refractivity contribution in [2.24, 2.45) is 11.8 Å². The lowest BCUT2D eigenvalue weighted by atomic mass is 9.89. The van der Waals surface area contributed by atoms with Crippen molar-refractivity contribution < 1.29 is 14.3 Å². The van der Waals surface area contributed by atoms with E-state index in [1.54, 1.807) is 0 Å². The Morgan fingerprint density at radius 2 is 1.83 bits per heavy atom. The molecular weight excluding hydrogens is 364 g/mol. The van der Waals surface area contributed by atoms with Crippen molar-refractivity contribution in [2.45, 2.75) is 65.3 Å². The van der Waals surface area contributed by atoms with Gasteiger partial charge in [0.2, 0.25) is 11.8 Å². The van der Waals surface area contributed by atoms with Crippen LogP contribution in [0.2, 0.25) is 0 Å². The maximum absolute atomic E-state index is 13.2. The average Bonchev–Trinajstić information content (AvgIpc) is 3.13. The molecule has 0 bridgehead atoms. The van der Waals surface area contributed by atoms with Gasteiger partial charge in [-0.05, 0) is 68.6 Å². The maximum Gasteiger partial charge on any atom is 0.245 e. The van der Waals surface area contributed by atoms with Crippen LogP contribution in [-0.4, -0.2) is 53.9 Å². The number of hydrogen-bond donors (Lipinski definition) is 0. The van der Waals surface area contributed by atoms with Crippen LogP contribution in [0.5, 0.6) is 5.75 Å². The van der Waals surface area contributed by atoms with E-state index in [2.05, 4.69) is 26.0 Å². The molecule has 2 aliphatic rings. The normalized spacial score (nSPS) is 19.1. The first-order valence-electron chi connectivity index (χ1n) is 11.3. The predicted molar refractivity (Wildman–Crippen MR) is 115 cm³/mol. The van der Waals surface area contributed by atoms with Gasteiger partial charge in [-0.3, -0.25) is 9.59 Å². The van der Waals surface area contributed by atoms with Gasteiger partial charge in [-0.1, -0.05) is 26.0 Å². The Labute approximate surface area is 175 Å². The number of aryl methyl sites for hydroxylation is 1. The number of nitrogens with zero attached hydrogens (tertiary/aromatic N) is 2. The summed E-state index contributed by atoms with van der Waals surface area (Å²) in [6.45, 7) is 9.16. The summed E-state index contributed by atoms with van der Waals surface area (Å²) in [5.41, 5.74) is 1.35. The van der Waals surface area contributed by atoms with Crippen LogP contribution in [0.3, 0.4) is 0 Å². The highest BCUT2D eigenvalue weighted by atomic mass is 16.5. The Balaban J connectivity index is 1.47. The van der Waals surface area contributed by atoms with Crippen molar-refractivity contribution in [3.63, 3.8) is 0 Å². The number of likely N-dealkylation sites (tertiary alicyclic amines) is 2. The topological polar surface area (TPSA) is 49.9 Å². The number of carbonyl (C=O) groups excluding carboxylic acids is 2. The molecule has 2 heterocycles. The molecule has 0 saturated carbocycles. The molecule has 0 aromatic heterocycles. The van der Waals surface area contributed by atoms with Gasteiger partial charge in [-0.2, -0.15) is 0 Å². The Morgan fingerprint density at radius 3 is 2.38 bits per heavy atom. The van der Waals surface area contributed by atoms with Crippen molar-refractivity contribution in [3.05, 3.63) is 29.8 Å². The first-order valence-corrected chi connectivity index (χ1v) is 11.3. The van der Waals surface area contributed by atoms with Crippen molar-refractivity contribution >= 4 is 11.8 Å². The molecule has 1 aromatic rings. The summed E-state index contributed by atoms with van der Waals surface area (Å²) in [5, 5.41) is 0. The second-order valence-electron chi connectivity index (χ2n) is 8.76. The van der Waals surface area contributed by atoms with E-state index in [1.807, 2.05) is 28.9 Å². The zero-order valence-corrected chi connectivity index (χ0v) is 18.2. The molecule has 5 heteroatoms. The molecule has 1 unspecified atom stereocenters. The van der Waals surface area contributed by atoms with E-state index in [0.29, 0.717) is 18.9 Å². The van der Waals surface area contributed by atoms with Crippen molar-refractivity contribution in [3.8, 4) is 5.75 Å². The zero-order valence-electron chi connectivity index (χ0n) is 18.2. The van der Waals surface area contributed by atoms with Crippen molar-refractivity contribution in [2.75, 3.05) is 26.2 Å². The van der Waals surface area contributed by atoms with E-state index >= 15 is 0 Å². The van der Waals surface area contributed by atoms with Crippen LogP contribution in [0.4, 0.5) is 0 Å². The van der Waals surface area contributed by atoms with Crippen LogP contribution in [-0.2, 0) is 16.0 Å². The monoisotopic (exact) mass is 400 g/mol. The van der Waals surface area contributed by atoms with Crippen molar-refractivity contribution in [1.82, 2.24) is 9.80 Å². The minimum atomic E-state index is -0.287. The third-order valence-corrected chi connectivity index (χ3v) is 6.33. The molecule has 29 heavy (non-hydrogen) atoms. The molecule has 0 radical (unpaired) electrons. The third kappa shape index (κ3) is 5.52. The maximum atomic E-state index is 13.2. The number of ether oxygens (including phenoxy) is 1. The molecule has 3 rings (SSSR count). The summed E-state index contributed by atoms with van der Waals surface area (Å²) in [4.78, 5) is 29.2. The molecule has 0 aliphatic carbocycles. The second-order valence-corrected chi connectivity index (χ2v) is 8.76. The highest BCUT2D eigenvalue weighted by Gasteiger charge is 2.38. The lowest BCUT2D eigenvalue weighted by Crippen LogP contribution is -2.53. The van der Waals surface area contributed by atoms with Crippen molar-refractivity contribution in [1.29, 1.82) is 0 Å². The van der Waals surface area contributed by atoms with Crippen LogP contribution >= 0.6 is 0 Å². The van der Waals surface area contributed by atoms with Gasteiger partial charge in [-0.25, -0.2) is 0 Å². The zero-order chi connectivity index (χ0) is 20.8. The van der Waals surface area contributed by atoms with Gasteiger partial charge in [-0.15, -0.1) is 0 Å². The number of piperidine rings is 1. The van der Waals surface area contributed by atoms with E-state index in [1.165, 1.54) is 5.56 Å². The lowest BCUT2D eigenvalue weighted by Gasteiger charge is -2.38. The molecule has 0 spiro atoms. The van der Waals surface area contributed by atoms with Gasteiger partial charge in [0, 0.05) is 26.1 Å². The molecule has 5 nitrogen and oxygen atoms in total. The molecule has 1 aromatic carbocycles. The Hall–Kier alpha value is -2.04. The Kier molecular flexibility index (Phi) is 7.57. The fourth-order valence-corrected chi connectivity index (χ4v) is 4.66. The minimum Gasteiger partial charge on any atom is -0.494 e. The van der Waals surface area contributed by atoms with Crippen LogP contribution in [0, 0.1) is 11.8 Å². The van der Waals surface area contributed by atoms with E-state index in [0.717, 1.165) is 57.5 Å². The SMILES string of the molecule is CCOc1ccc(CCC2CCN(C(=O)C(C(C)C)N3CCCC3=O)CC2)cc1. The van der Waals surface area contributed by atoms with E-state index in [-0.39, 0.29) is 23.8 Å². The van der Waals surface area contributed by atoms with Gasteiger partial charge in [0.1, 0.15) is 11.8 Å². The number of hydrogen-bond acceptors (Lipinski definition) is 3. The van der Waals surface area contributed by atoms with Crippen LogP contribution in [0.1, 0.15) is 58.4 Å². The highest BCUT2D eigenvalue weighted by Crippen LogP contribution is 2.26. The molecule has 160 valence electrons. The quantitative estimate of drug-likeness (QED) is 0.665. The average molecular weight is 401 g/mol. The minimum absolute atomic E-state index is 0.141. The fourth-order valence-electron chi connectivity index (χ4n) is 4.66. The highest BCUT2D eigenvalue weighted by molar-refractivity contribution is 5.88. The smallest absolute Gasteiger partial charge is 0.245 e. The first kappa shape index (κ1) is 21.7. The van der Waals surface area contributed by atoms with Gasteiger partial charge in [0.15, 0.2) is 0 Å². The number of carbonyl (C=O) groups is 2. The van der Waals surface area contributed by atoms with Gasteiger partial charge in [0.25, 0.3) is 0 Å². The predicted octanol–water partition coefficient (Wildman–Crippen LogP) is 3.90. The molecule has 2 saturated heterocycles. The van der Waals surface area contributed by atoms with Gasteiger partial charge < -0.3 is 14.5 Å². The number of amides is 2. The lowest BCUT2D eigenvalue weighted by molar-refractivity contribution is -0.146. The number of benzene rings is 1. The third-order valence-electron chi connectivity index (χ3n) is 6.33. The number of rotatable bonds is 8. The summed E-state index contributed by atoms with van der Waals surface area (Å²) in [6.07, 6.45) is 5.81. The largest absolute Gasteiger partial charge is 0.494 e. The summed E-state index contributed by atoms with van der Waals surface area (Å²) in [6, 6.07) is 8.12. The van der Waals surface area contributed by atoms with E-state index in [9.17, 15) is 9.59 Å². The van der Waals surface area contributed by atoms with Crippen LogP contribution in [0.15, 0.2) is 24.3 Å². The molecule has 2 aliphatic heterocycles. The second kappa shape index (κ2) is 10.1. The van der Waals surface area contributed by atoms with Gasteiger partial charge in [0.05, 0.1) is 6.61 Å². The van der Waals surface area contributed by atoms with E-state index in [4.69, 9.17) is 4.74 Å². The summed E-state index contributed by atoms with van der Waals surface area (Å²) in [7, 11) is 0. The van der Waals surface area contributed by atoms with Gasteiger partial charge >= 0.3 is 0 Å². The fraction of sp³-hybridized carbons (Fsp3) is 0.667. The van der Waals surface area contributed by atoms with Crippen LogP contribution < -0.4 is 4.74 Å². The molecule has 0 N–H and O–H groups in total. The standard InChI is InChI=1S/C24H36N2O3/c1-4-29-21-11-9-19(10-12-21)7-8-20-13-16-25(17-14-20)24(28)23(18(2)3)26-15-5-6-22(26)27/h9-12,18,20,23H,4-8,13-17H2,1-3H3. The Morgan fingerprint density at radius 1 is 1.14 bits per heavy atom. The first-order chi connectivity index (χ1) is 14.0. The Bertz CT molecular complexity index is 678. The molecule has 2 amide bonds. The summed E-state index contributed by atoms with van der Waals surface area (Å²) in [5.74, 6) is 2.04. The van der Waals surface area contributed by atoms with E-state index < -0.39 is 0 Å². The summed E-state index contributed by atoms with van der Waals surface area (Å²) >= 11 is 0. The molecular formula is C24H36N2O3. The molecule has 1 atom stereocenters.